The second kappa shape index (κ2) is 6.29. The molecule has 0 atom stereocenters. The van der Waals surface area contributed by atoms with E-state index in [4.69, 9.17) is 0 Å². The van der Waals surface area contributed by atoms with Gasteiger partial charge in [-0.2, -0.15) is 5.10 Å². The van der Waals surface area contributed by atoms with E-state index in [-0.39, 0.29) is 12.5 Å². The van der Waals surface area contributed by atoms with E-state index in [0.29, 0.717) is 25.9 Å². The number of aliphatic carboxylic acids is 1. The Morgan fingerprint density at radius 3 is 2.62 bits per heavy atom. The Morgan fingerprint density at radius 1 is 1.15 bits per heavy atom. The number of hydrogen-bond donors (Lipinski definition) is 1. The summed E-state index contributed by atoms with van der Waals surface area (Å²) >= 11 is 0. The minimum Gasteiger partial charge on any atom is -0.479 e. The van der Waals surface area contributed by atoms with Crippen LogP contribution in [-0.4, -0.2) is 54.3 Å². The van der Waals surface area contributed by atoms with Crippen molar-refractivity contribution in [3.8, 4) is 0 Å². The molecule has 0 aliphatic carbocycles. The summed E-state index contributed by atoms with van der Waals surface area (Å²) in [4.78, 5) is 30.7. The largest absolute Gasteiger partial charge is 0.479 e. The number of piperidine rings is 1. The number of carboxylic acid groups (broad SMARTS) is 1. The van der Waals surface area contributed by atoms with Crippen LogP contribution < -0.4 is 0 Å². The highest BCUT2D eigenvalue weighted by molar-refractivity contribution is 5.83. The molecule has 1 aliphatic heterocycles. The van der Waals surface area contributed by atoms with Crippen LogP contribution in [0.2, 0.25) is 0 Å². The Morgan fingerprint density at radius 2 is 1.92 bits per heavy atom. The van der Waals surface area contributed by atoms with E-state index in [0.717, 1.165) is 11.0 Å². The van der Waals surface area contributed by atoms with Crippen LogP contribution in [-0.2, 0) is 21.7 Å². The molecule has 1 saturated heterocycles. The van der Waals surface area contributed by atoms with Gasteiger partial charge in [-0.3, -0.25) is 9.48 Å². The van der Waals surface area contributed by atoms with E-state index in [1.165, 1.54) is 0 Å². The fourth-order valence-corrected chi connectivity index (χ4v) is 3.62. The normalized spacial score (nSPS) is 16.7. The molecule has 2 aromatic heterocycles. The molecule has 0 unspecified atom stereocenters. The minimum absolute atomic E-state index is 0.0526. The number of likely N-dealkylation sites (tertiary alicyclic amines) is 1. The van der Waals surface area contributed by atoms with Crippen molar-refractivity contribution in [1.29, 1.82) is 0 Å². The number of fused-ring (bicyclic) bond motifs is 1. The van der Waals surface area contributed by atoms with Gasteiger partial charge in [-0.05, 0) is 31.0 Å². The lowest BCUT2D eigenvalue weighted by Crippen LogP contribution is -2.52. The Bertz CT molecular complexity index is 939. The Labute approximate surface area is 149 Å². The van der Waals surface area contributed by atoms with Gasteiger partial charge < -0.3 is 14.6 Å². The van der Waals surface area contributed by atoms with Crippen molar-refractivity contribution < 1.29 is 14.7 Å². The van der Waals surface area contributed by atoms with Crippen molar-refractivity contribution >= 4 is 22.9 Å². The predicted octanol–water partition coefficient (Wildman–Crippen LogP) is 1.34. The van der Waals surface area contributed by atoms with Crippen molar-refractivity contribution in [2.45, 2.75) is 24.9 Å². The second-order valence-corrected chi connectivity index (χ2v) is 6.52. The Hall–Kier alpha value is -3.16. The first-order valence-corrected chi connectivity index (χ1v) is 8.51. The molecule has 1 aromatic carbocycles. The average molecular weight is 353 g/mol. The van der Waals surface area contributed by atoms with Crippen LogP contribution in [0, 0.1) is 0 Å². The summed E-state index contributed by atoms with van der Waals surface area (Å²) in [6.45, 7) is 0.943. The molecular formula is C18H19N5O3. The molecule has 3 heterocycles. The van der Waals surface area contributed by atoms with Gasteiger partial charge in [0.05, 0.1) is 17.4 Å². The monoisotopic (exact) mass is 353 g/mol. The van der Waals surface area contributed by atoms with Crippen molar-refractivity contribution in [3.05, 3.63) is 49.1 Å². The molecule has 1 fully saturated rings. The third-order valence-corrected chi connectivity index (χ3v) is 5.11. The molecule has 8 nitrogen and oxygen atoms in total. The van der Waals surface area contributed by atoms with Crippen LogP contribution in [0.4, 0.5) is 0 Å². The number of hydrogen-bond acceptors (Lipinski definition) is 4. The number of benzene rings is 1. The highest BCUT2D eigenvalue weighted by Crippen LogP contribution is 2.33. The van der Waals surface area contributed by atoms with Gasteiger partial charge in [-0.25, -0.2) is 9.78 Å². The van der Waals surface area contributed by atoms with Crippen molar-refractivity contribution in [1.82, 2.24) is 24.2 Å². The van der Waals surface area contributed by atoms with Gasteiger partial charge in [0.1, 0.15) is 12.1 Å². The second-order valence-electron chi connectivity index (χ2n) is 6.52. The number of rotatable bonds is 4. The van der Waals surface area contributed by atoms with Gasteiger partial charge in [-0.1, -0.05) is 12.1 Å². The number of carboxylic acids is 1. The number of nitrogens with zero attached hydrogens (tertiary/aromatic N) is 5. The third kappa shape index (κ3) is 2.63. The molecule has 0 radical (unpaired) electrons. The Balaban J connectivity index is 1.56. The van der Waals surface area contributed by atoms with Gasteiger partial charge in [0.25, 0.3) is 0 Å². The number of imidazole rings is 1. The molecule has 1 N–H and O–H groups in total. The number of amides is 1. The smallest absolute Gasteiger partial charge is 0.330 e. The Kier molecular flexibility index (Phi) is 3.95. The molecule has 3 aromatic rings. The average Bonchev–Trinajstić information content (AvgIpc) is 3.31. The molecule has 1 aliphatic rings. The van der Waals surface area contributed by atoms with Gasteiger partial charge in [-0.15, -0.1) is 0 Å². The molecular weight excluding hydrogens is 334 g/mol. The standard InChI is InChI=1S/C18H19N5O3/c24-16(12-22-9-3-8-20-22)21-10-6-18(7-11-21,17(25)26)23-13-19-14-4-1-2-5-15(14)23/h1-5,8-9,13H,6-7,10-12H2,(H,25,26). The molecule has 134 valence electrons. The van der Waals surface area contributed by atoms with Crippen molar-refractivity contribution in [2.75, 3.05) is 13.1 Å². The maximum atomic E-state index is 12.4. The number of carbonyl (C=O) groups is 2. The molecule has 4 rings (SSSR count). The lowest BCUT2D eigenvalue weighted by Gasteiger charge is -2.40. The van der Waals surface area contributed by atoms with Crippen LogP contribution in [0.3, 0.4) is 0 Å². The quantitative estimate of drug-likeness (QED) is 0.764. The van der Waals surface area contributed by atoms with Crippen molar-refractivity contribution in [2.24, 2.45) is 0 Å². The highest BCUT2D eigenvalue weighted by Gasteiger charge is 2.44. The maximum absolute atomic E-state index is 12.4. The van der Waals surface area contributed by atoms with Crippen LogP contribution >= 0.6 is 0 Å². The summed E-state index contributed by atoms with van der Waals surface area (Å²) in [7, 11) is 0. The summed E-state index contributed by atoms with van der Waals surface area (Å²) in [5, 5.41) is 14.0. The summed E-state index contributed by atoms with van der Waals surface area (Å²) in [5.41, 5.74) is 0.481. The zero-order valence-corrected chi connectivity index (χ0v) is 14.2. The number of carbonyl (C=O) groups excluding carboxylic acids is 1. The molecule has 0 saturated carbocycles. The van der Waals surface area contributed by atoms with Crippen LogP contribution in [0.1, 0.15) is 12.8 Å². The van der Waals surface area contributed by atoms with Crippen molar-refractivity contribution in [3.63, 3.8) is 0 Å². The van der Waals surface area contributed by atoms with E-state index >= 15 is 0 Å². The van der Waals surface area contributed by atoms with E-state index < -0.39 is 11.5 Å². The van der Waals surface area contributed by atoms with E-state index in [1.807, 2.05) is 24.3 Å². The van der Waals surface area contributed by atoms with Crippen LogP contribution in [0.15, 0.2) is 49.1 Å². The first kappa shape index (κ1) is 16.3. The van der Waals surface area contributed by atoms with E-state index in [9.17, 15) is 14.7 Å². The summed E-state index contributed by atoms with van der Waals surface area (Å²) in [6, 6.07) is 9.26. The van der Waals surface area contributed by atoms with E-state index in [2.05, 4.69) is 10.1 Å². The molecule has 8 heteroatoms. The van der Waals surface area contributed by atoms with Crippen LogP contribution in [0.5, 0.6) is 0 Å². The first-order chi connectivity index (χ1) is 12.6. The van der Waals surface area contributed by atoms with E-state index in [1.54, 1.807) is 38.9 Å². The molecule has 1 amide bonds. The third-order valence-electron chi connectivity index (χ3n) is 5.11. The summed E-state index contributed by atoms with van der Waals surface area (Å²) in [6.07, 6.45) is 5.64. The minimum atomic E-state index is -1.08. The maximum Gasteiger partial charge on any atom is 0.330 e. The topological polar surface area (TPSA) is 93.3 Å². The lowest BCUT2D eigenvalue weighted by molar-refractivity contribution is -0.152. The van der Waals surface area contributed by atoms with Crippen LogP contribution in [0.25, 0.3) is 11.0 Å². The summed E-state index contributed by atoms with van der Waals surface area (Å²) < 4.78 is 3.32. The zero-order chi connectivity index (χ0) is 18.1. The summed E-state index contributed by atoms with van der Waals surface area (Å²) in [5.74, 6) is -0.942. The van der Waals surface area contributed by atoms with Gasteiger partial charge in [0.2, 0.25) is 5.91 Å². The first-order valence-electron chi connectivity index (χ1n) is 8.51. The molecule has 26 heavy (non-hydrogen) atoms. The fraction of sp³-hybridized carbons (Fsp3) is 0.333. The fourth-order valence-electron chi connectivity index (χ4n) is 3.62. The lowest BCUT2D eigenvalue weighted by atomic mass is 9.87. The predicted molar refractivity (Wildman–Crippen MR) is 93.4 cm³/mol. The SMILES string of the molecule is O=C(Cn1cccn1)N1CCC(C(=O)O)(n2cnc3ccccc32)CC1. The van der Waals surface area contributed by atoms with Gasteiger partial charge in [0.15, 0.2) is 0 Å². The van der Waals surface area contributed by atoms with Gasteiger partial charge >= 0.3 is 5.97 Å². The van der Waals surface area contributed by atoms with Gasteiger partial charge in [0, 0.05) is 25.5 Å². The molecule has 0 bridgehead atoms. The zero-order valence-electron chi connectivity index (χ0n) is 14.2. The number of para-hydroxylation sites is 2. The molecule has 0 spiro atoms. The highest BCUT2D eigenvalue weighted by atomic mass is 16.4. The number of aromatic nitrogens is 4.